The van der Waals surface area contributed by atoms with Crippen molar-refractivity contribution in [2.24, 2.45) is 5.92 Å². The van der Waals surface area contributed by atoms with Crippen molar-refractivity contribution < 1.29 is 0 Å². The van der Waals surface area contributed by atoms with E-state index in [0.29, 0.717) is 6.04 Å². The van der Waals surface area contributed by atoms with Crippen molar-refractivity contribution in [1.29, 1.82) is 0 Å². The summed E-state index contributed by atoms with van der Waals surface area (Å²) in [6, 6.07) is 12.3. The highest BCUT2D eigenvalue weighted by atomic mass is 15.2. The molecular weight excluding hydrogens is 208 g/mol. The second kappa shape index (κ2) is 4.79. The normalized spacial score (nSPS) is 33.6. The fourth-order valence-corrected chi connectivity index (χ4v) is 3.10. The van der Waals surface area contributed by atoms with Crippen molar-refractivity contribution >= 4 is 0 Å². The van der Waals surface area contributed by atoms with Crippen molar-refractivity contribution in [3.8, 4) is 0 Å². The number of hydrogen-bond acceptors (Lipinski definition) is 2. The lowest BCUT2D eigenvalue weighted by Crippen LogP contribution is -2.47. The van der Waals surface area contributed by atoms with Gasteiger partial charge in [-0.1, -0.05) is 43.7 Å². The molecule has 2 fully saturated rings. The third kappa shape index (κ3) is 2.38. The molecule has 1 aromatic rings. The molecule has 2 nitrogen and oxygen atoms in total. The van der Waals surface area contributed by atoms with Gasteiger partial charge in [-0.25, -0.2) is 0 Å². The summed E-state index contributed by atoms with van der Waals surface area (Å²) < 4.78 is 0. The van der Waals surface area contributed by atoms with E-state index in [1.165, 1.54) is 31.5 Å². The lowest BCUT2D eigenvalue weighted by atomic mass is 10.0. The summed E-state index contributed by atoms with van der Waals surface area (Å²) in [7, 11) is 0. The fourth-order valence-electron chi connectivity index (χ4n) is 3.10. The first-order valence-electron chi connectivity index (χ1n) is 6.91. The third-order valence-corrected chi connectivity index (χ3v) is 4.29. The van der Waals surface area contributed by atoms with Crippen LogP contribution >= 0.6 is 0 Å². The SMILES string of the molecule is CCC1CC1N1CCNC(c2ccccc2)C1. The van der Waals surface area contributed by atoms with E-state index in [1.807, 2.05) is 0 Å². The Kier molecular flexibility index (Phi) is 3.17. The molecule has 1 aliphatic carbocycles. The van der Waals surface area contributed by atoms with Gasteiger partial charge in [0, 0.05) is 31.7 Å². The van der Waals surface area contributed by atoms with Crippen LogP contribution in [0.15, 0.2) is 30.3 Å². The molecule has 0 radical (unpaired) electrons. The summed E-state index contributed by atoms with van der Waals surface area (Å²) in [6.45, 7) is 5.86. The lowest BCUT2D eigenvalue weighted by molar-refractivity contribution is 0.183. The van der Waals surface area contributed by atoms with Crippen LogP contribution in [0.1, 0.15) is 31.4 Å². The van der Waals surface area contributed by atoms with Crippen LogP contribution < -0.4 is 5.32 Å². The Morgan fingerprint density at radius 1 is 1.29 bits per heavy atom. The summed E-state index contributed by atoms with van der Waals surface area (Å²) in [5, 5.41) is 3.64. The van der Waals surface area contributed by atoms with Crippen LogP contribution in [0, 0.1) is 5.92 Å². The molecule has 1 N–H and O–H groups in total. The molecule has 1 aromatic carbocycles. The Balaban J connectivity index is 1.64. The quantitative estimate of drug-likeness (QED) is 0.858. The molecule has 0 aromatic heterocycles. The average molecular weight is 230 g/mol. The zero-order valence-corrected chi connectivity index (χ0v) is 10.6. The minimum Gasteiger partial charge on any atom is -0.308 e. The summed E-state index contributed by atoms with van der Waals surface area (Å²) in [4.78, 5) is 2.70. The van der Waals surface area contributed by atoms with Crippen LogP contribution in [0.5, 0.6) is 0 Å². The number of nitrogens with one attached hydrogen (secondary N) is 1. The fraction of sp³-hybridized carbons (Fsp3) is 0.600. The van der Waals surface area contributed by atoms with Crippen LogP contribution in [0.2, 0.25) is 0 Å². The van der Waals surface area contributed by atoms with Crippen molar-refractivity contribution in [3.63, 3.8) is 0 Å². The van der Waals surface area contributed by atoms with E-state index in [-0.39, 0.29) is 0 Å². The smallest absolute Gasteiger partial charge is 0.0449 e. The van der Waals surface area contributed by atoms with Crippen molar-refractivity contribution in [2.75, 3.05) is 19.6 Å². The first-order valence-corrected chi connectivity index (χ1v) is 6.91. The Morgan fingerprint density at radius 3 is 2.82 bits per heavy atom. The van der Waals surface area contributed by atoms with Gasteiger partial charge in [0.05, 0.1) is 0 Å². The van der Waals surface area contributed by atoms with Gasteiger partial charge in [0.1, 0.15) is 0 Å². The van der Waals surface area contributed by atoms with E-state index in [4.69, 9.17) is 0 Å². The minimum absolute atomic E-state index is 0.531. The van der Waals surface area contributed by atoms with Gasteiger partial charge in [-0.2, -0.15) is 0 Å². The maximum Gasteiger partial charge on any atom is 0.0449 e. The highest BCUT2D eigenvalue weighted by Crippen LogP contribution is 2.39. The summed E-state index contributed by atoms with van der Waals surface area (Å²) in [6.07, 6.45) is 2.78. The first-order chi connectivity index (χ1) is 8.38. The summed E-state index contributed by atoms with van der Waals surface area (Å²) in [5.41, 5.74) is 1.44. The van der Waals surface area contributed by atoms with Crippen molar-refractivity contribution in [2.45, 2.75) is 31.8 Å². The van der Waals surface area contributed by atoms with Gasteiger partial charge < -0.3 is 5.32 Å². The monoisotopic (exact) mass is 230 g/mol. The highest BCUT2D eigenvalue weighted by Gasteiger charge is 2.41. The first kappa shape index (κ1) is 11.2. The zero-order valence-electron chi connectivity index (χ0n) is 10.6. The molecule has 0 bridgehead atoms. The number of piperazine rings is 1. The standard InChI is InChI=1S/C15H22N2/c1-2-12-10-15(12)17-9-8-16-14(11-17)13-6-4-3-5-7-13/h3-7,12,14-16H,2,8-11H2,1H3. The molecule has 0 spiro atoms. The van der Waals surface area contributed by atoms with Crippen LogP contribution in [0.25, 0.3) is 0 Å². The van der Waals surface area contributed by atoms with E-state index >= 15 is 0 Å². The maximum absolute atomic E-state index is 3.64. The molecule has 1 saturated carbocycles. The van der Waals surface area contributed by atoms with Crippen LogP contribution in [0.4, 0.5) is 0 Å². The summed E-state index contributed by atoms with van der Waals surface area (Å²) >= 11 is 0. The zero-order chi connectivity index (χ0) is 11.7. The maximum atomic E-state index is 3.64. The molecule has 3 rings (SSSR count). The predicted molar refractivity (Wildman–Crippen MR) is 70.9 cm³/mol. The Bertz CT molecular complexity index is 362. The molecule has 1 aliphatic heterocycles. The van der Waals surface area contributed by atoms with E-state index in [2.05, 4.69) is 47.5 Å². The highest BCUT2D eigenvalue weighted by molar-refractivity contribution is 5.20. The van der Waals surface area contributed by atoms with E-state index in [0.717, 1.165) is 18.5 Å². The molecule has 17 heavy (non-hydrogen) atoms. The van der Waals surface area contributed by atoms with E-state index in [1.54, 1.807) is 0 Å². The number of hydrogen-bond donors (Lipinski definition) is 1. The van der Waals surface area contributed by atoms with Crippen molar-refractivity contribution in [3.05, 3.63) is 35.9 Å². The Morgan fingerprint density at radius 2 is 2.12 bits per heavy atom. The van der Waals surface area contributed by atoms with Crippen molar-refractivity contribution in [1.82, 2.24) is 10.2 Å². The minimum atomic E-state index is 0.531. The average Bonchev–Trinajstić information content (AvgIpc) is 3.19. The number of nitrogens with zero attached hydrogens (tertiary/aromatic N) is 1. The lowest BCUT2D eigenvalue weighted by Gasteiger charge is -2.34. The molecule has 2 heteroatoms. The van der Waals surface area contributed by atoms with Gasteiger partial charge in [-0.3, -0.25) is 4.90 Å². The molecule has 1 saturated heterocycles. The largest absolute Gasteiger partial charge is 0.308 e. The molecule has 0 amide bonds. The Hall–Kier alpha value is -0.860. The molecule has 3 atom stereocenters. The van der Waals surface area contributed by atoms with Gasteiger partial charge in [-0.05, 0) is 17.9 Å². The third-order valence-electron chi connectivity index (χ3n) is 4.29. The second-order valence-corrected chi connectivity index (χ2v) is 5.38. The Labute approximate surface area is 104 Å². The second-order valence-electron chi connectivity index (χ2n) is 5.38. The van der Waals surface area contributed by atoms with Gasteiger partial charge in [0.25, 0.3) is 0 Å². The van der Waals surface area contributed by atoms with Crippen LogP contribution in [-0.4, -0.2) is 30.6 Å². The van der Waals surface area contributed by atoms with Crippen LogP contribution in [0.3, 0.4) is 0 Å². The van der Waals surface area contributed by atoms with Crippen LogP contribution in [-0.2, 0) is 0 Å². The molecule has 92 valence electrons. The van der Waals surface area contributed by atoms with E-state index < -0.39 is 0 Å². The molecule has 3 unspecified atom stereocenters. The molecular formula is C15H22N2. The van der Waals surface area contributed by atoms with Gasteiger partial charge >= 0.3 is 0 Å². The number of rotatable bonds is 3. The van der Waals surface area contributed by atoms with Gasteiger partial charge in [-0.15, -0.1) is 0 Å². The van der Waals surface area contributed by atoms with Gasteiger partial charge in [0.2, 0.25) is 0 Å². The topological polar surface area (TPSA) is 15.3 Å². The molecule has 2 aliphatic rings. The predicted octanol–water partition coefficient (Wildman–Crippen LogP) is 2.43. The van der Waals surface area contributed by atoms with Gasteiger partial charge in [0.15, 0.2) is 0 Å². The molecule has 1 heterocycles. The summed E-state index contributed by atoms with van der Waals surface area (Å²) in [5.74, 6) is 0.976. The van der Waals surface area contributed by atoms with E-state index in [9.17, 15) is 0 Å². The number of benzene rings is 1.